The Balaban J connectivity index is 2.12. The molecule has 1 heterocycles. The van der Waals surface area contributed by atoms with Crippen molar-refractivity contribution in [3.05, 3.63) is 29.8 Å². The maximum absolute atomic E-state index is 12.6. The van der Waals surface area contributed by atoms with Crippen LogP contribution in [0.15, 0.2) is 29.3 Å². The summed E-state index contributed by atoms with van der Waals surface area (Å²) in [6, 6.07) is 6.70. The van der Waals surface area contributed by atoms with Gasteiger partial charge in [0.2, 0.25) is 5.91 Å². The first-order valence-electron chi connectivity index (χ1n) is 17.4. The van der Waals surface area contributed by atoms with Gasteiger partial charge in [-0.25, -0.2) is 0 Å². The number of carboxylic acids is 4. The van der Waals surface area contributed by atoms with Crippen LogP contribution in [0, 0.1) is 0 Å². The zero-order valence-corrected chi connectivity index (χ0v) is 30.4. The molecule has 2 rings (SSSR count). The van der Waals surface area contributed by atoms with Gasteiger partial charge in [-0.05, 0) is 42.7 Å². The molecule has 0 radical (unpaired) electrons. The van der Waals surface area contributed by atoms with Gasteiger partial charge < -0.3 is 31.5 Å². The van der Waals surface area contributed by atoms with E-state index in [2.05, 4.69) is 17.2 Å². The number of nitrogens with zero attached hydrogens (tertiary/aromatic N) is 5. The van der Waals surface area contributed by atoms with Crippen LogP contribution in [-0.4, -0.2) is 172 Å². The van der Waals surface area contributed by atoms with Crippen molar-refractivity contribution in [1.82, 2.24) is 19.6 Å². The molecule has 1 unspecified atom stereocenters. The quantitative estimate of drug-likeness (QED) is 0.0591. The molecule has 0 aromatic heterocycles. The lowest BCUT2D eigenvalue weighted by Crippen LogP contribution is -2.53. The number of rotatable bonds is 21. The summed E-state index contributed by atoms with van der Waals surface area (Å²) in [5.41, 5.74) is 7.40. The van der Waals surface area contributed by atoms with Crippen molar-refractivity contribution in [2.45, 2.75) is 51.5 Å². The maximum atomic E-state index is 12.6. The lowest BCUT2D eigenvalue weighted by atomic mass is 10.0. The first-order chi connectivity index (χ1) is 24.3. The fourth-order valence-electron chi connectivity index (χ4n) is 5.73. The molecule has 0 spiro atoms. The van der Waals surface area contributed by atoms with Crippen LogP contribution >= 0.6 is 11.8 Å². The van der Waals surface area contributed by atoms with E-state index in [1.807, 2.05) is 12.1 Å². The normalized spacial score (nSPS) is 17.7. The van der Waals surface area contributed by atoms with Crippen molar-refractivity contribution in [3.63, 3.8) is 0 Å². The molecule has 0 saturated carbocycles. The number of hydrogen-bond donors (Lipinski definition) is 6. The van der Waals surface area contributed by atoms with Crippen molar-refractivity contribution in [3.8, 4) is 0 Å². The Morgan fingerprint density at radius 1 is 0.784 bits per heavy atom. The largest absolute Gasteiger partial charge is 0.480 e. The van der Waals surface area contributed by atoms with Crippen molar-refractivity contribution < 1.29 is 44.4 Å². The molecule has 1 fully saturated rings. The van der Waals surface area contributed by atoms with Gasteiger partial charge in [0, 0.05) is 70.5 Å². The van der Waals surface area contributed by atoms with Crippen LogP contribution in [-0.2, 0) is 30.4 Å². The van der Waals surface area contributed by atoms with E-state index in [0.29, 0.717) is 24.4 Å². The minimum atomic E-state index is -1.08. The van der Waals surface area contributed by atoms with E-state index in [-0.39, 0.29) is 83.7 Å². The molecule has 0 aliphatic carbocycles. The Morgan fingerprint density at radius 3 is 1.90 bits per heavy atom. The molecule has 0 bridgehead atoms. The summed E-state index contributed by atoms with van der Waals surface area (Å²) in [7, 11) is 0. The predicted octanol–water partition coefficient (Wildman–Crippen LogP) is 1.16. The van der Waals surface area contributed by atoms with E-state index in [0.717, 1.165) is 43.5 Å². The molecular weight excluding hydrogens is 682 g/mol. The topological polar surface area (TPSA) is 230 Å². The van der Waals surface area contributed by atoms with Gasteiger partial charge in [0.1, 0.15) is 0 Å². The summed E-state index contributed by atoms with van der Waals surface area (Å²) in [6.07, 6.45) is 5.18. The second-order valence-electron chi connectivity index (χ2n) is 12.7. The molecule has 1 saturated heterocycles. The first-order valence-corrected chi connectivity index (χ1v) is 18.5. The average molecular weight is 738 g/mol. The van der Waals surface area contributed by atoms with Crippen LogP contribution in [0.2, 0.25) is 0 Å². The summed E-state index contributed by atoms with van der Waals surface area (Å²) in [5, 5.41) is 41.2. The Hall–Kier alpha value is -3.77. The fraction of sp³-hybridized carbons (Fsp3) is 0.647. The molecule has 1 aliphatic rings. The summed E-state index contributed by atoms with van der Waals surface area (Å²) in [6.45, 7) is 3.11. The van der Waals surface area contributed by atoms with E-state index in [1.54, 1.807) is 31.7 Å². The van der Waals surface area contributed by atoms with Crippen LogP contribution in [0.1, 0.15) is 44.6 Å². The van der Waals surface area contributed by atoms with Crippen LogP contribution in [0.5, 0.6) is 0 Å². The van der Waals surface area contributed by atoms with E-state index in [9.17, 15) is 44.4 Å². The summed E-state index contributed by atoms with van der Waals surface area (Å²) < 4.78 is 0. The van der Waals surface area contributed by atoms with Gasteiger partial charge in [0.15, 0.2) is 0 Å². The minimum Gasteiger partial charge on any atom is -0.480 e. The predicted molar refractivity (Wildman–Crippen MR) is 197 cm³/mol. The summed E-state index contributed by atoms with van der Waals surface area (Å²) in [5.74, 6) is -2.71. The SMILES string of the molecule is CCCCCN=C(N)CCCSCC(=O)Nc1ccc(CC2CN(CC(=O)O)CCN(CC(=O)O)CCN(CC(=O)O)CCN2CC(=O)O)cc1. The monoisotopic (exact) mass is 737 g/mol. The number of aliphatic carboxylic acids is 4. The van der Waals surface area contributed by atoms with Crippen LogP contribution in [0.25, 0.3) is 0 Å². The number of thioether (sulfide) groups is 1. The minimum absolute atomic E-state index is 0.145. The highest BCUT2D eigenvalue weighted by molar-refractivity contribution is 7.99. The Kier molecular flexibility index (Phi) is 20.8. The number of anilines is 1. The van der Waals surface area contributed by atoms with Gasteiger partial charge >= 0.3 is 23.9 Å². The number of nitrogens with two attached hydrogens (primary N) is 1. The van der Waals surface area contributed by atoms with Crippen molar-refractivity contribution in [1.29, 1.82) is 0 Å². The fourth-order valence-corrected chi connectivity index (χ4v) is 6.48. The van der Waals surface area contributed by atoms with E-state index in [1.165, 1.54) is 11.8 Å². The number of carbonyl (C=O) groups excluding carboxylic acids is 1. The highest BCUT2D eigenvalue weighted by Gasteiger charge is 2.27. The molecule has 16 nitrogen and oxygen atoms in total. The number of amidine groups is 1. The third kappa shape index (κ3) is 20.0. The second-order valence-corrected chi connectivity index (χ2v) is 13.8. The highest BCUT2D eigenvalue weighted by atomic mass is 32.2. The molecule has 1 aromatic carbocycles. The van der Waals surface area contributed by atoms with Crippen molar-refractivity contribution in [2.75, 3.05) is 95.4 Å². The molecule has 51 heavy (non-hydrogen) atoms. The van der Waals surface area contributed by atoms with Gasteiger partial charge in [-0.15, -0.1) is 0 Å². The molecule has 7 N–H and O–H groups in total. The third-order valence-corrected chi connectivity index (χ3v) is 9.35. The zero-order valence-electron chi connectivity index (χ0n) is 29.6. The number of benzene rings is 1. The molecule has 1 atom stereocenters. The number of unbranched alkanes of at least 4 members (excludes halogenated alkanes) is 2. The Labute approximate surface area is 304 Å². The molecular formula is C34H55N7O9S. The number of carboxylic acid groups (broad SMARTS) is 4. The van der Waals surface area contributed by atoms with Crippen molar-refractivity contribution in [2.24, 2.45) is 10.7 Å². The van der Waals surface area contributed by atoms with Gasteiger partial charge in [0.05, 0.1) is 37.8 Å². The zero-order chi connectivity index (χ0) is 37.6. The third-order valence-electron chi connectivity index (χ3n) is 8.31. The second kappa shape index (κ2) is 24.4. The van der Waals surface area contributed by atoms with Gasteiger partial charge in [-0.3, -0.25) is 48.6 Å². The lowest BCUT2D eigenvalue weighted by Gasteiger charge is -2.37. The molecule has 1 aromatic rings. The Morgan fingerprint density at radius 2 is 1.33 bits per heavy atom. The van der Waals surface area contributed by atoms with Crippen LogP contribution < -0.4 is 11.1 Å². The van der Waals surface area contributed by atoms with Crippen LogP contribution in [0.4, 0.5) is 5.69 Å². The molecule has 1 amide bonds. The van der Waals surface area contributed by atoms with Crippen LogP contribution in [0.3, 0.4) is 0 Å². The highest BCUT2D eigenvalue weighted by Crippen LogP contribution is 2.17. The molecule has 1 aliphatic heterocycles. The lowest BCUT2D eigenvalue weighted by molar-refractivity contribution is -0.142. The number of aliphatic imine (C=N–C) groups is 1. The van der Waals surface area contributed by atoms with Crippen molar-refractivity contribution >= 4 is 53.1 Å². The van der Waals surface area contributed by atoms with Gasteiger partial charge in [-0.2, -0.15) is 11.8 Å². The number of carbonyl (C=O) groups is 5. The standard InChI is InChI=1S/C34H55N7O9S/c1-2-3-4-11-36-29(35)6-5-18-51-25-30(42)37-27-9-7-26(8-10-27)19-28-20-40(23-33(47)48)15-14-38(21-31(43)44)12-13-39(22-32(45)46)16-17-41(28)24-34(49)50/h7-10,28H,2-6,11-25H2,1H3,(H2,35,36)(H,37,42)(H,43,44)(H,45,46)(H,47,48)(H,49,50). The van der Waals surface area contributed by atoms with E-state index >= 15 is 0 Å². The first kappa shape index (κ1) is 43.4. The number of nitrogens with one attached hydrogen (secondary N) is 1. The summed E-state index contributed by atoms with van der Waals surface area (Å²) >= 11 is 1.52. The molecule has 286 valence electrons. The van der Waals surface area contributed by atoms with Gasteiger partial charge in [-0.1, -0.05) is 31.9 Å². The van der Waals surface area contributed by atoms with E-state index in [4.69, 9.17) is 5.73 Å². The summed E-state index contributed by atoms with van der Waals surface area (Å²) in [4.78, 5) is 70.6. The molecule has 17 heteroatoms. The number of hydrogen-bond acceptors (Lipinski definition) is 11. The van der Waals surface area contributed by atoms with E-state index < -0.39 is 29.9 Å². The van der Waals surface area contributed by atoms with Gasteiger partial charge in [0.25, 0.3) is 0 Å². The Bertz CT molecular complexity index is 1290. The smallest absolute Gasteiger partial charge is 0.317 e. The number of amides is 1. The maximum Gasteiger partial charge on any atom is 0.317 e. The average Bonchev–Trinajstić information content (AvgIpc) is 3.04.